The molecule has 23 heavy (non-hydrogen) atoms. The van der Waals surface area contributed by atoms with E-state index in [2.05, 4.69) is 20.5 Å². The van der Waals surface area contributed by atoms with E-state index >= 15 is 0 Å². The molecule has 1 saturated heterocycles. The van der Waals surface area contributed by atoms with Crippen LogP contribution in [0.25, 0.3) is 0 Å². The number of carbonyl (C=O) groups is 1. The van der Waals surface area contributed by atoms with Gasteiger partial charge in [-0.2, -0.15) is 0 Å². The van der Waals surface area contributed by atoms with Crippen molar-refractivity contribution in [2.45, 2.75) is 26.4 Å². The first kappa shape index (κ1) is 15.8. The molecule has 122 valence electrons. The first-order valence-electron chi connectivity index (χ1n) is 7.59. The second kappa shape index (κ2) is 7.01. The maximum atomic E-state index is 11.5. The summed E-state index contributed by atoms with van der Waals surface area (Å²) >= 11 is 1.52. The van der Waals surface area contributed by atoms with Crippen molar-refractivity contribution in [1.82, 2.24) is 20.1 Å². The van der Waals surface area contributed by atoms with Gasteiger partial charge in [-0.05, 0) is 18.6 Å². The lowest BCUT2D eigenvalue weighted by Gasteiger charge is -2.32. The van der Waals surface area contributed by atoms with Crippen LogP contribution >= 0.6 is 11.3 Å². The minimum absolute atomic E-state index is 0.0635. The second-order valence-electron chi connectivity index (χ2n) is 5.25. The standard InChI is InChI=1S/C15H19N5O2S/c1-3-14-18-19-15(23-14)17-13-6-4-5-11(16-13)12-9-20(10(2)21)7-8-22-12/h4-6,12H,3,7-9H2,1-2H3,(H,16,17,19)/t12-/m1/s1. The van der Waals surface area contributed by atoms with Crippen LogP contribution in [0.2, 0.25) is 0 Å². The van der Waals surface area contributed by atoms with E-state index < -0.39 is 0 Å². The van der Waals surface area contributed by atoms with Crippen molar-refractivity contribution in [3.63, 3.8) is 0 Å². The van der Waals surface area contributed by atoms with Crippen LogP contribution < -0.4 is 5.32 Å². The number of ether oxygens (including phenoxy) is 1. The van der Waals surface area contributed by atoms with Crippen LogP contribution in [-0.2, 0) is 16.0 Å². The Morgan fingerprint density at radius 2 is 2.35 bits per heavy atom. The predicted molar refractivity (Wildman–Crippen MR) is 87.8 cm³/mol. The number of anilines is 2. The molecule has 1 fully saturated rings. The molecule has 8 heteroatoms. The van der Waals surface area contributed by atoms with Crippen molar-refractivity contribution in [2.24, 2.45) is 0 Å². The fraction of sp³-hybridized carbons (Fsp3) is 0.467. The fourth-order valence-electron chi connectivity index (χ4n) is 2.37. The van der Waals surface area contributed by atoms with Crippen LogP contribution in [0.4, 0.5) is 10.9 Å². The quantitative estimate of drug-likeness (QED) is 0.923. The molecule has 1 aliphatic heterocycles. The number of aromatic nitrogens is 3. The fourth-order valence-corrected chi connectivity index (χ4v) is 3.06. The number of carbonyl (C=O) groups excluding carboxylic acids is 1. The molecule has 0 aliphatic carbocycles. The maximum absolute atomic E-state index is 11.5. The molecule has 2 aromatic rings. The van der Waals surface area contributed by atoms with Crippen molar-refractivity contribution < 1.29 is 9.53 Å². The molecule has 3 heterocycles. The Morgan fingerprint density at radius 1 is 1.48 bits per heavy atom. The van der Waals surface area contributed by atoms with Crippen LogP contribution in [0, 0.1) is 0 Å². The Hall–Kier alpha value is -2.06. The molecule has 1 aliphatic rings. The number of amides is 1. The van der Waals surface area contributed by atoms with Gasteiger partial charge in [-0.15, -0.1) is 10.2 Å². The van der Waals surface area contributed by atoms with Crippen molar-refractivity contribution >= 4 is 28.2 Å². The van der Waals surface area contributed by atoms with Gasteiger partial charge >= 0.3 is 0 Å². The van der Waals surface area contributed by atoms with Gasteiger partial charge in [0.2, 0.25) is 11.0 Å². The smallest absolute Gasteiger partial charge is 0.219 e. The normalized spacial score (nSPS) is 18.0. The molecule has 7 nitrogen and oxygen atoms in total. The molecule has 0 saturated carbocycles. The van der Waals surface area contributed by atoms with Gasteiger partial charge in [-0.25, -0.2) is 4.98 Å². The lowest BCUT2D eigenvalue weighted by Crippen LogP contribution is -2.41. The van der Waals surface area contributed by atoms with Crippen LogP contribution in [0.1, 0.15) is 30.7 Å². The Morgan fingerprint density at radius 3 is 3.09 bits per heavy atom. The summed E-state index contributed by atoms with van der Waals surface area (Å²) in [7, 11) is 0. The summed E-state index contributed by atoms with van der Waals surface area (Å²) in [6, 6.07) is 5.71. The molecular formula is C15H19N5O2S. The van der Waals surface area contributed by atoms with Crippen LogP contribution in [0.5, 0.6) is 0 Å². The van der Waals surface area contributed by atoms with Crippen LogP contribution in [-0.4, -0.2) is 45.7 Å². The molecule has 1 amide bonds. The highest BCUT2D eigenvalue weighted by Crippen LogP contribution is 2.24. The highest BCUT2D eigenvalue weighted by Gasteiger charge is 2.24. The van der Waals surface area contributed by atoms with E-state index in [0.29, 0.717) is 25.5 Å². The molecule has 3 rings (SSSR count). The summed E-state index contributed by atoms with van der Waals surface area (Å²) in [5.41, 5.74) is 0.807. The minimum Gasteiger partial charge on any atom is -0.368 e. The number of aryl methyl sites for hydroxylation is 1. The molecule has 0 spiro atoms. The molecular weight excluding hydrogens is 314 g/mol. The van der Waals surface area contributed by atoms with Gasteiger partial charge in [-0.3, -0.25) is 4.79 Å². The lowest BCUT2D eigenvalue weighted by atomic mass is 10.2. The SMILES string of the molecule is CCc1nnc(Nc2cccc([C@H]3CN(C(C)=O)CCO3)n2)s1. The van der Waals surface area contributed by atoms with Crippen molar-refractivity contribution in [3.8, 4) is 0 Å². The van der Waals surface area contributed by atoms with Crippen LogP contribution in [0.15, 0.2) is 18.2 Å². The zero-order valence-corrected chi connectivity index (χ0v) is 14.0. The van der Waals surface area contributed by atoms with E-state index in [0.717, 1.165) is 22.3 Å². The first-order chi connectivity index (χ1) is 11.2. The van der Waals surface area contributed by atoms with Gasteiger partial charge in [0.05, 0.1) is 18.8 Å². The molecule has 0 bridgehead atoms. The van der Waals surface area contributed by atoms with Crippen LogP contribution in [0.3, 0.4) is 0 Å². The Kier molecular flexibility index (Phi) is 4.82. The van der Waals surface area contributed by atoms with Gasteiger partial charge < -0.3 is 15.0 Å². The van der Waals surface area contributed by atoms with Crippen molar-refractivity contribution in [2.75, 3.05) is 25.0 Å². The highest BCUT2D eigenvalue weighted by atomic mass is 32.1. The summed E-state index contributed by atoms with van der Waals surface area (Å²) in [6.45, 7) is 5.32. The molecule has 0 aromatic carbocycles. The Balaban J connectivity index is 1.72. The number of nitrogens with zero attached hydrogens (tertiary/aromatic N) is 4. The summed E-state index contributed by atoms with van der Waals surface area (Å²) in [6.07, 6.45) is 0.666. The first-order valence-corrected chi connectivity index (χ1v) is 8.41. The molecule has 1 atom stereocenters. The van der Waals surface area contributed by atoms with Crippen molar-refractivity contribution in [1.29, 1.82) is 0 Å². The summed E-state index contributed by atoms with van der Waals surface area (Å²) in [4.78, 5) is 17.9. The monoisotopic (exact) mass is 333 g/mol. The number of morpholine rings is 1. The third kappa shape index (κ3) is 3.83. The number of nitrogens with one attached hydrogen (secondary N) is 1. The maximum Gasteiger partial charge on any atom is 0.219 e. The van der Waals surface area contributed by atoms with Gasteiger partial charge in [0.25, 0.3) is 0 Å². The van der Waals surface area contributed by atoms with E-state index in [9.17, 15) is 4.79 Å². The zero-order valence-electron chi connectivity index (χ0n) is 13.2. The molecule has 0 radical (unpaired) electrons. The third-order valence-corrected chi connectivity index (χ3v) is 4.60. The molecule has 2 aromatic heterocycles. The average Bonchev–Trinajstić information content (AvgIpc) is 3.03. The Labute approximate surface area is 138 Å². The largest absolute Gasteiger partial charge is 0.368 e. The van der Waals surface area contributed by atoms with E-state index in [4.69, 9.17) is 4.74 Å². The predicted octanol–water partition coefficient (Wildman–Crippen LogP) is 2.16. The summed E-state index contributed by atoms with van der Waals surface area (Å²) in [5, 5.41) is 13.1. The average molecular weight is 333 g/mol. The van der Waals surface area contributed by atoms with Gasteiger partial charge in [0.15, 0.2) is 0 Å². The van der Waals surface area contributed by atoms with Gasteiger partial charge in [-0.1, -0.05) is 24.3 Å². The van der Waals surface area contributed by atoms with Gasteiger partial charge in [0.1, 0.15) is 16.9 Å². The minimum atomic E-state index is -0.199. The van der Waals surface area contributed by atoms with Crippen molar-refractivity contribution in [3.05, 3.63) is 28.9 Å². The Bertz CT molecular complexity index is 690. The van der Waals surface area contributed by atoms with E-state index in [1.807, 2.05) is 25.1 Å². The topological polar surface area (TPSA) is 80.2 Å². The number of rotatable bonds is 4. The summed E-state index contributed by atoms with van der Waals surface area (Å²) < 4.78 is 5.76. The highest BCUT2D eigenvalue weighted by molar-refractivity contribution is 7.15. The lowest BCUT2D eigenvalue weighted by molar-refractivity contribution is -0.136. The third-order valence-electron chi connectivity index (χ3n) is 3.62. The number of hydrogen-bond acceptors (Lipinski definition) is 7. The van der Waals surface area contributed by atoms with E-state index in [1.165, 1.54) is 11.3 Å². The van der Waals surface area contributed by atoms with E-state index in [1.54, 1.807) is 11.8 Å². The molecule has 0 unspecified atom stereocenters. The number of hydrogen-bond donors (Lipinski definition) is 1. The van der Waals surface area contributed by atoms with E-state index in [-0.39, 0.29) is 12.0 Å². The molecule has 1 N–H and O–H groups in total. The van der Waals surface area contributed by atoms with Gasteiger partial charge in [0, 0.05) is 13.5 Å². The number of pyridine rings is 1. The zero-order chi connectivity index (χ0) is 16.2. The summed E-state index contributed by atoms with van der Waals surface area (Å²) in [5.74, 6) is 0.762. The second-order valence-corrected chi connectivity index (χ2v) is 6.31.